The first-order valence-electron chi connectivity index (χ1n) is 8.04. The van der Waals surface area contributed by atoms with E-state index in [0.717, 1.165) is 6.42 Å². The Kier molecular flexibility index (Phi) is 6.95. The van der Waals surface area contributed by atoms with Gasteiger partial charge in [-0.15, -0.1) is 0 Å². The van der Waals surface area contributed by atoms with Gasteiger partial charge in [-0.05, 0) is 38.0 Å². The quantitative estimate of drug-likeness (QED) is 0.320. The minimum atomic E-state index is -2.28. The van der Waals surface area contributed by atoms with Crippen LogP contribution in [0.1, 0.15) is 44.1 Å². The summed E-state index contributed by atoms with van der Waals surface area (Å²) in [5.74, 6) is -10.2. The average Bonchev–Trinajstić information content (AvgIpc) is 2.63. The van der Waals surface area contributed by atoms with Gasteiger partial charge in [0, 0.05) is 25.9 Å². The number of rotatable bonds is 6. The minimum absolute atomic E-state index is 0.0889. The molecule has 2 rings (SSSR count). The second-order valence-electron chi connectivity index (χ2n) is 6.21. The SMILES string of the molecule is CO[SiH](OC)OC(C)C1CCCC(c2c(F)c(F)c(F)c(F)c2F)C1. The molecule has 0 amide bonds. The van der Waals surface area contributed by atoms with Crippen molar-refractivity contribution in [1.82, 2.24) is 0 Å². The van der Waals surface area contributed by atoms with Crippen LogP contribution in [-0.2, 0) is 13.3 Å². The van der Waals surface area contributed by atoms with Crippen LogP contribution in [0, 0.1) is 35.0 Å². The Morgan fingerprint density at radius 3 is 1.92 bits per heavy atom. The van der Waals surface area contributed by atoms with Gasteiger partial charge in [0.2, 0.25) is 5.82 Å². The molecule has 0 radical (unpaired) electrons. The van der Waals surface area contributed by atoms with Gasteiger partial charge in [0.05, 0.1) is 0 Å². The van der Waals surface area contributed by atoms with E-state index >= 15 is 0 Å². The van der Waals surface area contributed by atoms with Crippen LogP contribution < -0.4 is 0 Å². The molecule has 0 spiro atoms. The van der Waals surface area contributed by atoms with E-state index in [9.17, 15) is 22.0 Å². The molecule has 0 heterocycles. The molecule has 1 saturated carbocycles. The maximum atomic E-state index is 14.0. The molecule has 3 nitrogen and oxygen atoms in total. The van der Waals surface area contributed by atoms with Crippen LogP contribution in [0.2, 0.25) is 0 Å². The summed E-state index contributed by atoms with van der Waals surface area (Å²) in [6, 6.07) is 0. The van der Waals surface area contributed by atoms with E-state index < -0.39 is 50.1 Å². The third-order valence-corrected chi connectivity index (χ3v) is 6.16. The van der Waals surface area contributed by atoms with E-state index in [-0.39, 0.29) is 18.4 Å². The number of hydrogen-bond acceptors (Lipinski definition) is 3. The maximum Gasteiger partial charge on any atom is 0.483 e. The van der Waals surface area contributed by atoms with Crippen molar-refractivity contribution in [1.29, 1.82) is 0 Å². The molecule has 0 aliphatic heterocycles. The van der Waals surface area contributed by atoms with Gasteiger partial charge in [-0.25, -0.2) is 22.0 Å². The van der Waals surface area contributed by atoms with Crippen molar-refractivity contribution in [2.75, 3.05) is 14.2 Å². The van der Waals surface area contributed by atoms with Crippen LogP contribution in [0.15, 0.2) is 0 Å². The predicted molar refractivity (Wildman–Crippen MR) is 82.6 cm³/mol. The van der Waals surface area contributed by atoms with E-state index in [4.69, 9.17) is 13.3 Å². The lowest BCUT2D eigenvalue weighted by Crippen LogP contribution is -2.35. The standard InChI is InChI=1S/C16H21F5O3Si/c1-8(24-25(22-2)23-3)9-5-4-6-10(7-9)11-12(17)14(19)16(21)15(20)13(11)18/h8-10,25H,4-7H2,1-3H3. The van der Waals surface area contributed by atoms with Crippen molar-refractivity contribution in [2.24, 2.45) is 5.92 Å². The van der Waals surface area contributed by atoms with Crippen molar-refractivity contribution < 1.29 is 35.2 Å². The largest absolute Gasteiger partial charge is 0.483 e. The lowest BCUT2D eigenvalue weighted by molar-refractivity contribution is 0.0472. The van der Waals surface area contributed by atoms with E-state index in [2.05, 4.69) is 0 Å². The lowest BCUT2D eigenvalue weighted by atomic mass is 9.76. The van der Waals surface area contributed by atoms with Gasteiger partial charge in [0.1, 0.15) is 0 Å². The Hall–Kier alpha value is -1.03. The topological polar surface area (TPSA) is 27.7 Å². The monoisotopic (exact) mass is 384 g/mol. The van der Waals surface area contributed by atoms with E-state index in [1.165, 1.54) is 14.2 Å². The molecule has 1 fully saturated rings. The normalized spacial score (nSPS) is 22.4. The van der Waals surface area contributed by atoms with Crippen molar-refractivity contribution in [3.8, 4) is 0 Å². The second kappa shape index (κ2) is 8.57. The third-order valence-electron chi connectivity index (χ3n) is 4.74. The highest BCUT2D eigenvalue weighted by Crippen LogP contribution is 2.41. The molecule has 0 bridgehead atoms. The second-order valence-corrected chi connectivity index (χ2v) is 8.00. The Morgan fingerprint density at radius 1 is 0.880 bits per heavy atom. The van der Waals surface area contributed by atoms with E-state index in [1.807, 2.05) is 0 Å². The zero-order valence-corrected chi connectivity index (χ0v) is 15.4. The van der Waals surface area contributed by atoms with E-state index in [0.29, 0.717) is 12.8 Å². The smallest absolute Gasteiger partial charge is 0.379 e. The van der Waals surface area contributed by atoms with E-state index in [1.54, 1.807) is 6.92 Å². The molecule has 1 aliphatic rings. The highest BCUT2D eigenvalue weighted by Gasteiger charge is 2.35. The Morgan fingerprint density at radius 2 is 1.40 bits per heavy atom. The molecule has 25 heavy (non-hydrogen) atoms. The average molecular weight is 384 g/mol. The fraction of sp³-hybridized carbons (Fsp3) is 0.625. The van der Waals surface area contributed by atoms with Crippen molar-refractivity contribution in [2.45, 2.75) is 44.6 Å². The summed E-state index contributed by atoms with van der Waals surface area (Å²) in [6.45, 7) is 1.80. The van der Waals surface area contributed by atoms with Gasteiger partial charge in [-0.2, -0.15) is 0 Å². The number of benzene rings is 1. The summed E-state index contributed by atoms with van der Waals surface area (Å²) in [6.07, 6.45) is 1.67. The molecule has 0 aromatic heterocycles. The fourth-order valence-corrected chi connectivity index (χ4v) is 4.38. The van der Waals surface area contributed by atoms with Crippen LogP contribution in [0.5, 0.6) is 0 Å². The minimum Gasteiger partial charge on any atom is -0.379 e. The summed E-state index contributed by atoms with van der Waals surface area (Å²) in [4.78, 5) is 0. The maximum absolute atomic E-state index is 14.0. The zero-order chi connectivity index (χ0) is 18.7. The molecule has 1 aromatic rings. The summed E-state index contributed by atoms with van der Waals surface area (Å²) in [7, 11) is 0.652. The summed E-state index contributed by atoms with van der Waals surface area (Å²) in [5.41, 5.74) is -0.722. The third kappa shape index (κ3) is 4.21. The Labute approximate surface area is 145 Å². The Bertz CT molecular complexity index is 583. The zero-order valence-electron chi connectivity index (χ0n) is 14.3. The number of halogens is 5. The van der Waals surface area contributed by atoms with Gasteiger partial charge in [0.25, 0.3) is 0 Å². The Balaban J connectivity index is 2.22. The molecule has 1 aliphatic carbocycles. The molecular formula is C16H21F5O3Si. The van der Waals surface area contributed by atoms with Crippen molar-refractivity contribution >= 4 is 9.53 Å². The lowest BCUT2D eigenvalue weighted by Gasteiger charge is -2.34. The molecule has 1 aromatic carbocycles. The first-order chi connectivity index (χ1) is 11.8. The molecule has 0 saturated heterocycles. The van der Waals surface area contributed by atoms with Gasteiger partial charge in [0.15, 0.2) is 23.3 Å². The van der Waals surface area contributed by atoms with Crippen molar-refractivity contribution in [3.05, 3.63) is 34.6 Å². The van der Waals surface area contributed by atoms with Gasteiger partial charge in [-0.3, -0.25) is 0 Å². The van der Waals surface area contributed by atoms with Crippen LogP contribution in [0.25, 0.3) is 0 Å². The molecule has 0 N–H and O–H groups in total. The highest BCUT2D eigenvalue weighted by atomic mass is 28.3. The van der Waals surface area contributed by atoms with Gasteiger partial charge >= 0.3 is 9.53 Å². The molecule has 3 unspecified atom stereocenters. The predicted octanol–water partition coefficient (Wildman–Crippen LogP) is 4.07. The van der Waals surface area contributed by atoms with Crippen LogP contribution in [0.3, 0.4) is 0 Å². The summed E-state index contributed by atoms with van der Waals surface area (Å²) in [5, 5.41) is 0. The van der Waals surface area contributed by atoms with Gasteiger partial charge in [-0.1, -0.05) is 6.42 Å². The fourth-order valence-electron chi connectivity index (χ4n) is 3.39. The van der Waals surface area contributed by atoms with Crippen molar-refractivity contribution in [3.63, 3.8) is 0 Å². The van der Waals surface area contributed by atoms with Crippen LogP contribution in [0.4, 0.5) is 22.0 Å². The van der Waals surface area contributed by atoms with Crippen LogP contribution >= 0.6 is 0 Å². The summed E-state index contributed by atoms with van der Waals surface area (Å²) < 4.78 is 84.1. The summed E-state index contributed by atoms with van der Waals surface area (Å²) >= 11 is 0. The molecule has 3 atom stereocenters. The van der Waals surface area contributed by atoms with Gasteiger partial charge < -0.3 is 13.3 Å². The molecule has 142 valence electrons. The first-order valence-corrected chi connectivity index (χ1v) is 9.45. The van der Waals surface area contributed by atoms with Crippen LogP contribution in [-0.4, -0.2) is 29.9 Å². The first kappa shape index (κ1) is 20.3. The molecule has 9 heteroatoms. The molecular weight excluding hydrogens is 363 g/mol. The number of hydrogen-bond donors (Lipinski definition) is 0. The highest BCUT2D eigenvalue weighted by molar-refractivity contribution is 6.36.